The molecule has 0 saturated carbocycles. The molecule has 1 atom stereocenters. The second-order valence-electron chi connectivity index (χ2n) is 5.05. The number of nitrogens with zero attached hydrogens (tertiary/aromatic N) is 1. The lowest BCUT2D eigenvalue weighted by molar-refractivity contribution is 0.0940. The van der Waals surface area contributed by atoms with Crippen LogP contribution in [0.4, 0.5) is 5.69 Å². The van der Waals surface area contributed by atoms with Crippen LogP contribution in [0, 0.1) is 0 Å². The van der Waals surface area contributed by atoms with Crippen LogP contribution in [0.25, 0.3) is 0 Å². The van der Waals surface area contributed by atoms with E-state index in [2.05, 4.69) is 5.32 Å². The van der Waals surface area contributed by atoms with Gasteiger partial charge in [-0.25, -0.2) is 0 Å². The average molecular weight is 268 g/mol. The number of hydrogen-bond acceptors (Lipinski definition) is 2. The molecule has 20 heavy (non-hydrogen) atoms. The third-order valence-electron chi connectivity index (χ3n) is 3.27. The molecule has 1 N–H and O–H groups in total. The molecule has 0 fully saturated rings. The van der Waals surface area contributed by atoms with Crippen LogP contribution >= 0.6 is 0 Å². The summed E-state index contributed by atoms with van der Waals surface area (Å²) in [5.74, 6) is -0.0509. The molecule has 0 radical (unpaired) electrons. The lowest BCUT2D eigenvalue weighted by Gasteiger charge is -2.16. The van der Waals surface area contributed by atoms with Crippen LogP contribution in [-0.2, 0) is 0 Å². The van der Waals surface area contributed by atoms with E-state index in [1.54, 1.807) is 0 Å². The maximum absolute atomic E-state index is 12.3. The van der Waals surface area contributed by atoms with Crippen molar-refractivity contribution in [2.24, 2.45) is 0 Å². The van der Waals surface area contributed by atoms with Crippen molar-refractivity contribution in [3.05, 3.63) is 65.7 Å². The summed E-state index contributed by atoms with van der Waals surface area (Å²) >= 11 is 0. The van der Waals surface area contributed by atoms with Crippen LogP contribution in [0.15, 0.2) is 54.6 Å². The van der Waals surface area contributed by atoms with Crippen LogP contribution in [0.3, 0.4) is 0 Å². The fraction of sp³-hybridized carbons (Fsp3) is 0.235. The van der Waals surface area contributed by atoms with Gasteiger partial charge in [0.1, 0.15) is 0 Å². The molecule has 3 nitrogen and oxygen atoms in total. The number of carbonyl (C=O) groups excluding carboxylic acids is 1. The predicted octanol–water partition coefficient (Wildman–Crippen LogP) is 3.24. The lowest BCUT2D eigenvalue weighted by atomic mass is 10.1. The van der Waals surface area contributed by atoms with Crippen molar-refractivity contribution in [1.29, 1.82) is 0 Å². The summed E-state index contributed by atoms with van der Waals surface area (Å²) in [7, 11) is 3.92. The summed E-state index contributed by atoms with van der Waals surface area (Å²) in [5, 5.41) is 3.02. The number of anilines is 1. The van der Waals surface area contributed by atoms with Crippen molar-refractivity contribution < 1.29 is 4.79 Å². The van der Waals surface area contributed by atoms with Crippen LogP contribution in [-0.4, -0.2) is 20.0 Å². The van der Waals surface area contributed by atoms with E-state index in [1.165, 1.54) is 0 Å². The third-order valence-corrected chi connectivity index (χ3v) is 3.27. The third kappa shape index (κ3) is 3.38. The second-order valence-corrected chi connectivity index (χ2v) is 5.05. The molecule has 2 aromatic rings. The zero-order valence-corrected chi connectivity index (χ0v) is 12.1. The van der Waals surface area contributed by atoms with Gasteiger partial charge in [0.15, 0.2) is 0 Å². The fourth-order valence-corrected chi connectivity index (χ4v) is 2.03. The summed E-state index contributed by atoms with van der Waals surface area (Å²) in [6.07, 6.45) is 0. The van der Waals surface area contributed by atoms with Crippen molar-refractivity contribution in [2.45, 2.75) is 13.0 Å². The first-order chi connectivity index (χ1) is 9.58. The van der Waals surface area contributed by atoms with Gasteiger partial charge in [-0.3, -0.25) is 4.79 Å². The highest BCUT2D eigenvalue weighted by Gasteiger charge is 2.11. The minimum atomic E-state index is -0.0509. The molecule has 0 unspecified atom stereocenters. The van der Waals surface area contributed by atoms with Crippen LogP contribution in [0.5, 0.6) is 0 Å². The van der Waals surface area contributed by atoms with E-state index in [4.69, 9.17) is 0 Å². The number of nitrogens with one attached hydrogen (secondary N) is 1. The van der Waals surface area contributed by atoms with Gasteiger partial charge in [0.2, 0.25) is 0 Å². The van der Waals surface area contributed by atoms with Crippen LogP contribution in [0.1, 0.15) is 28.9 Å². The molecule has 0 aromatic heterocycles. The number of amides is 1. The first-order valence-electron chi connectivity index (χ1n) is 6.71. The molecular weight excluding hydrogens is 248 g/mol. The molecule has 0 aliphatic carbocycles. The molecule has 104 valence electrons. The molecule has 0 saturated heterocycles. The molecule has 0 heterocycles. The first-order valence-corrected chi connectivity index (χ1v) is 6.71. The number of carbonyl (C=O) groups is 1. The van der Waals surface area contributed by atoms with Gasteiger partial charge in [-0.1, -0.05) is 36.4 Å². The summed E-state index contributed by atoms with van der Waals surface area (Å²) in [6, 6.07) is 17.6. The van der Waals surface area contributed by atoms with Gasteiger partial charge < -0.3 is 10.2 Å². The number of hydrogen-bond donors (Lipinski definition) is 1. The molecule has 0 bridgehead atoms. The molecule has 2 aromatic carbocycles. The minimum absolute atomic E-state index is 0.00767. The van der Waals surface area contributed by atoms with Gasteiger partial charge >= 0.3 is 0 Å². The molecule has 0 spiro atoms. The maximum Gasteiger partial charge on any atom is 0.251 e. The Hall–Kier alpha value is -2.29. The monoisotopic (exact) mass is 268 g/mol. The molecule has 3 heteroatoms. The van der Waals surface area contributed by atoms with Crippen molar-refractivity contribution in [1.82, 2.24) is 5.32 Å². The fourth-order valence-electron chi connectivity index (χ4n) is 2.03. The zero-order valence-electron chi connectivity index (χ0n) is 12.1. The largest absolute Gasteiger partial charge is 0.378 e. The second kappa shape index (κ2) is 6.24. The highest BCUT2D eigenvalue weighted by Crippen LogP contribution is 2.16. The van der Waals surface area contributed by atoms with Crippen molar-refractivity contribution in [3.8, 4) is 0 Å². The Balaban J connectivity index is 2.10. The van der Waals surface area contributed by atoms with E-state index in [0.29, 0.717) is 5.56 Å². The van der Waals surface area contributed by atoms with E-state index in [1.807, 2.05) is 80.5 Å². The summed E-state index contributed by atoms with van der Waals surface area (Å²) in [6.45, 7) is 1.99. The first kappa shape index (κ1) is 14.1. The van der Waals surface area contributed by atoms with Gasteiger partial charge in [-0.15, -0.1) is 0 Å². The van der Waals surface area contributed by atoms with E-state index in [0.717, 1.165) is 11.3 Å². The van der Waals surface area contributed by atoms with Gasteiger partial charge in [0, 0.05) is 25.3 Å². The summed E-state index contributed by atoms with van der Waals surface area (Å²) in [4.78, 5) is 14.3. The van der Waals surface area contributed by atoms with Gasteiger partial charge in [-0.2, -0.15) is 0 Å². The van der Waals surface area contributed by atoms with E-state index in [9.17, 15) is 4.79 Å². The Morgan fingerprint density at radius 1 is 1.05 bits per heavy atom. The quantitative estimate of drug-likeness (QED) is 0.923. The van der Waals surface area contributed by atoms with E-state index in [-0.39, 0.29) is 11.9 Å². The standard InChI is InChI=1S/C17H20N2O/c1-13(14-8-5-4-6-9-14)18-17(20)15-10-7-11-16(12-15)19(2)3/h4-13H,1-3H3,(H,18,20)/t13-/m1/s1. The van der Waals surface area contributed by atoms with Crippen LogP contribution < -0.4 is 10.2 Å². The topological polar surface area (TPSA) is 32.3 Å². The van der Waals surface area contributed by atoms with Crippen molar-refractivity contribution in [2.75, 3.05) is 19.0 Å². The Morgan fingerprint density at radius 3 is 2.40 bits per heavy atom. The smallest absolute Gasteiger partial charge is 0.251 e. The maximum atomic E-state index is 12.3. The Morgan fingerprint density at radius 2 is 1.75 bits per heavy atom. The summed E-state index contributed by atoms with van der Waals surface area (Å²) in [5.41, 5.74) is 2.80. The van der Waals surface area contributed by atoms with Gasteiger partial charge in [0.05, 0.1) is 6.04 Å². The van der Waals surface area contributed by atoms with Crippen LogP contribution in [0.2, 0.25) is 0 Å². The minimum Gasteiger partial charge on any atom is -0.378 e. The van der Waals surface area contributed by atoms with Gasteiger partial charge in [-0.05, 0) is 30.7 Å². The molecule has 2 rings (SSSR count). The average Bonchev–Trinajstić information content (AvgIpc) is 2.48. The Kier molecular flexibility index (Phi) is 4.41. The predicted molar refractivity (Wildman–Crippen MR) is 83.1 cm³/mol. The zero-order chi connectivity index (χ0) is 14.5. The Labute approximate surface area is 120 Å². The molecular formula is C17H20N2O. The van der Waals surface area contributed by atoms with E-state index >= 15 is 0 Å². The number of rotatable bonds is 4. The molecule has 0 aliphatic rings. The molecule has 0 aliphatic heterocycles. The molecule has 1 amide bonds. The highest BCUT2D eigenvalue weighted by molar-refractivity contribution is 5.95. The van der Waals surface area contributed by atoms with Crippen molar-refractivity contribution >= 4 is 11.6 Å². The van der Waals surface area contributed by atoms with E-state index < -0.39 is 0 Å². The normalized spacial score (nSPS) is 11.8. The van der Waals surface area contributed by atoms with Crippen molar-refractivity contribution in [3.63, 3.8) is 0 Å². The lowest BCUT2D eigenvalue weighted by Crippen LogP contribution is -2.26. The Bertz CT molecular complexity index is 579. The summed E-state index contributed by atoms with van der Waals surface area (Å²) < 4.78 is 0. The number of benzene rings is 2. The SMILES string of the molecule is C[C@@H](NC(=O)c1cccc(N(C)C)c1)c1ccccc1. The van der Waals surface area contributed by atoms with Gasteiger partial charge in [0.25, 0.3) is 5.91 Å². The highest BCUT2D eigenvalue weighted by atomic mass is 16.1.